The molecule has 1 aromatic rings. The van der Waals surface area contributed by atoms with Crippen molar-refractivity contribution in [2.45, 2.75) is 13.0 Å². The van der Waals surface area contributed by atoms with Crippen molar-refractivity contribution in [2.75, 3.05) is 37.7 Å². The molecule has 0 saturated carbocycles. The second kappa shape index (κ2) is 4.76. The molecule has 1 N–H and O–H groups in total. The lowest BCUT2D eigenvalue weighted by atomic mass is 10.1. The first-order chi connectivity index (χ1) is 8.34. The SMILES string of the molecule is Clc1nc(N2CCNCC2)nc2c1COCC2. The van der Waals surface area contributed by atoms with E-state index in [0.29, 0.717) is 11.8 Å². The number of fused-ring (bicyclic) bond motifs is 1. The highest BCUT2D eigenvalue weighted by Crippen LogP contribution is 2.24. The molecule has 92 valence electrons. The number of hydrogen-bond donors (Lipinski definition) is 1. The molecule has 3 heterocycles. The van der Waals surface area contributed by atoms with E-state index in [1.54, 1.807) is 0 Å². The zero-order valence-corrected chi connectivity index (χ0v) is 10.3. The average Bonchev–Trinajstić information content (AvgIpc) is 2.40. The van der Waals surface area contributed by atoms with Gasteiger partial charge in [0, 0.05) is 38.2 Å². The maximum absolute atomic E-state index is 6.19. The van der Waals surface area contributed by atoms with Gasteiger partial charge in [-0.1, -0.05) is 11.6 Å². The van der Waals surface area contributed by atoms with Gasteiger partial charge < -0.3 is 15.0 Å². The molecule has 0 bridgehead atoms. The molecule has 0 spiro atoms. The number of nitrogens with one attached hydrogen (secondary N) is 1. The molecule has 2 aliphatic rings. The number of aromatic nitrogens is 2. The Morgan fingerprint density at radius 3 is 2.88 bits per heavy atom. The molecule has 3 rings (SSSR count). The fourth-order valence-electron chi connectivity index (χ4n) is 2.19. The lowest BCUT2D eigenvalue weighted by molar-refractivity contribution is 0.109. The van der Waals surface area contributed by atoms with Crippen LogP contribution in [0.3, 0.4) is 0 Å². The molecule has 2 aliphatic heterocycles. The zero-order chi connectivity index (χ0) is 11.7. The predicted molar refractivity (Wildman–Crippen MR) is 65.5 cm³/mol. The fourth-order valence-corrected chi connectivity index (χ4v) is 2.43. The van der Waals surface area contributed by atoms with Gasteiger partial charge in [-0.3, -0.25) is 0 Å². The second-order valence-corrected chi connectivity index (χ2v) is 4.64. The number of piperazine rings is 1. The van der Waals surface area contributed by atoms with Gasteiger partial charge in [-0.05, 0) is 0 Å². The van der Waals surface area contributed by atoms with Gasteiger partial charge in [0.1, 0.15) is 5.15 Å². The first-order valence-corrected chi connectivity index (χ1v) is 6.31. The first-order valence-electron chi connectivity index (χ1n) is 5.93. The van der Waals surface area contributed by atoms with Crippen molar-refractivity contribution in [2.24, 2.45) is 0 Å². The summed E-state index contributed by atoms with van der Waals surface area (Å²) >= 11 is 6.19. The standard InChI is InChI=1S/C11H15ClN4O/c12-10-8-7-17-6-1-9(8)14-11(15-10)16-4-2-13-3-5-16/h13H,1-7H2. The van der Waals surface area contributed by atoms with Crippen molar-refractivity contribution in [3.63, 3.8) is 0 Å². The van der Waals surface area contributed by atoms with Gasteiger partial charge in [0.05, 0.1) is 18.9 Å². The summed E-state index contributed by atoms with van der Waals surface area (Å²) in [4.78, 5) is 11.2. The Morgan fingerprint density at radius 1 is 1.24 bits per heavy atom. The second-order valence-electron chi connectivity index (χ2n) is 4.28. The smallest absolute Gasteiger partial charge is 0.227 e. The van der Waals surface area contributed by atoms with Crippen LogP contribution in [-0.2, 0) is 17.8 Å². The number of halogens is 1. The molecular formula is C11H15ClN4O. The molecule has 5 nitrogen and oxygen atoms in total. The van der Waals surface area contributed by atoms with Crippen molar-refractivity contribution in [1.82, 2.24) is 15.3 Å². The molecule has 0 aliphatic carbocycles. The highest BCUT2D eigenvalue weighted by Gasteiger charge is 2.20. The quantitative estimate of drug-likeness (QED) is 0.745. The third-order valence-corrected chi connectivity index (χ3v) is 3.47. The Balaban J connectivity index is 1.92. The number of nitrogens with zero attached hydrogens (tertiary/aromatic N) is 3. The summed E-state index contributed by atoms with van der Waals surface area (Å²) in [6, 6.07) is 0. The molecule has 0 aromatic carbocycles. The van der Waals surface area contributed by atoms with E-state index in [1.165, 1.54) is 0 Å². The van der Waals surface area contributed by atoms with Gasteiger partial charge in [0.15, 0.2) is 0 Å². The van der Waals surface area contributed by atoms with E-state index >= 15 is 0 Å². The van der Waals surface area contributed by atoms with Crippen LogP contribution in [0, 0.1) is 0 Å². The predicted octanol–water partition coefficient (Wildman–Crippen LogP) is 0.612. The number of rotatable bonds is 1. The minimum Gasteiger partial charge on any atom is -0.376 e. The lowest BCUT2D eigenvalue weighted by Crippen LogP contribution is -2.44. The van der Waals surface area contributed by atoms with Crippen LogP contribution in [0.5, 0.6) is 0 Å². The Morgan fingerprint density at radius 2 is 2.06 bits per heavy atom. The summed E-state index contributed by atoms with van der Waals surface area (Å²) in [7, 11) is 0. The summed E-state index contributed by atoms with van der Waals surface area (Å²) in [6.45, 7) is 5.08. The van der Waals surface area contributed by atoms with E-state index in [9.17, 15) is 0 Å². The van der Waals surface area contributed by atoms with Gasteiger partial charge in [-0.15, -0.1) is 0 Å². The van der Waals surface area contributed by atoms with Crippen LogP contribution in [0.1, 0.15) is 11.3 Å². The monoisotopic (exact) mass is 254 g/mol. The van der Waals surface area contributed by atoms with Crippen molar-refractivity contribution in [3.8, 4) is 0 Å². The van der Waals surface area contributed by atoms with Crippen LogP contribution < -0.4 is 10.2 Å². The van der Waals surface area contributed by atoms with Crippen LogP contribution in [0.15, 0.2) is 0 Å². The van der Waals surface area contributed by atoms with Crippen molar-refractivity contribution in [3.05, 3.63) is 16.4 Å². The van der Waals surface area contributed by atoms with E-state index < -0.39 is 0 Å². The normalized spacial score (nSPS) is 20.2. The highest BCUT2D eigenvalue weighted by molar-refractivity contribution is 6.30. The molecule has 6 heteroatoms. The molecule has 0 radical (unpaired) electrons. The van der Waals surface area contributed by atoms with Crippen molar-refractivity contribution < 1.29 is 4.74 Å². The summed E-state index contributed by atoms with van der Waals surface area (Å²) in [5.41, 5.74) is 2.00. The van der Waals surface area contributed by atoms with E-state index in [4.69, 9.17) is 16.3 Å². The lowest BCUT2D eigenvalue weighted by Gasteiger charge is -2.28. The van der Waals surface area contributed by atoms with E-state index in [1.807, 2.05) is 0 Å². The Labute approximate surface area is 105 Å². The Bertz CT molecular complexity index is 420. The zero-order valence-electron chi connectivity index (χ0n) is 9.58. The van der Waals surface area contributed by atoms with Crippen molar-refractivity contribution in [1.29, 1.82) is 0 Å². The number of anilines is 1. The Kier molecular flexibility index (Phi) is 3.13. The van der Waals surface area contributed by atoms with E-state index in [2.05, 4.69) is 20.2 Å². The van der Waals surface area contributed by atoms with Gasteiger partial charge in [0.25, 0.3) is 0 Å². The summed E-state index contributed by atoms with van der Waals surface area (Å²) in [5.74, 6) is 0.761. The topological polar surface area (TPSA) is 50.3 Å². The maximum Gasteiger partial charge on any atom is 0.227 e. The third-order valence-electron chi connectivity index (χ3n) is 3.16. The van der Waals surface area contributed by atoms with Crippen LogP contribution >= 0.6 is 11.6 Å². The molecule has 0 unspecified atom stereocenters. The van der Waals surface area contributed by atoms with Crippen LogP contribution in [0.25, 0.3) is 0 Å². The largest absolute Gasteiger partial charge is 0.376 e. The van der Waals surface area contributed by atoms with Crippen LogP contribution in [0.4, 0.5) is 5.95 Å². The Hall–Kier alpha value is -0.910. The molecule has 1 fully saturated rings. The van der Waals surface area contributed by atoms with Gasteiger partial charge >= 0.3 is 0 Å². The van der Waals surface area contributed by atoms with E-state index in [-0.39, 0.29) is 0 Å². The van der Waals surface area contributed by atoms with Crippen LogP contribution in [-0.4, -0.2) is 42.8 Å². The fraction of sp³-hybridized carbons (Fsp3) is 0.636. The first kappa shape index (κ1) is 11.2. The molecular weight excluding hydrogens is 240 g/mol. The minimum absolute atomic E-state index is 0.538. The maximum atomic E-state index is 6.19. The van der Waals surface area contributed by atoms with Crippen LogP contribution in [0.2, 0.25) is 5.15 Å². The highest BCUT2D eigenvalue weighted by atomic mass is 35.5. The summed E-state index contributed by atoms with van der Waals surface area (Å²) in [5, 5.41) is 3.86. The molecule has 17 heavy (non-hydrogen) atoms. The molecule has 1 saturated heterocycles. The number of hydrogen-bond acceptors (Lipinski definition) is 5. The van der Waals surface area contributed by atoms with Gasteiger partial charge in [0.2, 0.25) is 5.95 Å². The molecule has 1 aromatic heterocycles. The third kappa shape index (κ3) is 2.22. The minimum atomic E-state index is 0.538. The van der Waals surface area contributed by atoms with E-state index in [0.717, 1.165) is 56.4 Å². The molecule has 0 atom stereocenters. The summed E-state index contributed by atoms with van der Waals surface area (Å²) in [6.07, 6.45) is 0.830. The average molecular weight is 255 g/mol. The molecule has 0 amide bonds. The number of ether oxygens (including phenoxy) is 1. The van der Waals surface area contributed by atoms with Gasteiger partial charge in [-0.2, -0.15) is 0 Å². The van der Waals surface area contributed by atoms with Gasteiger partial charge in [-0.25, -0.2) is 9.97 Å². The van der Waals surface area contributed by atoms with Crippen molar-refractivity contribution >= 4 is 17.5 Å². The summed E-state index contributed by atoms with van der Waals surface area (Å²) < 4.78 is 5.37.